The number of rotatable bonds is 5. The third-order valence-corrected chi connectivity index (χ3v) is 2.94. The first-order chi connectivity index (χ1) is 6.97. The van der Waals surface area contributed by atoms with Crippen molar-refractivity contribution in [2.45, 2.75) is 12.8 Å². The van der Waals surface area contributed by atoms with Crippen molar-refractivity contribution < 1.29 is 12.6 Å². The molecule has 0 aliphatic carbocycles. The second kappa shape index (κ2) is 5.63. The molecule has 0 fully saturated rings. The van der Waals surface area contributed by atoms with Crippen molar-refractivity contribution in [3.63, 3.8) is 0 Å². The molecule has 3 nitrogen and oxygen atoms in total. The summed E-state index contributed by atoms with van der Waals surface area (Å²) in [6, 6.07) is 7.94. The van der Waals surface area contributed by atoms with Gasteiger partial charge < -0.3 is 0 Å². The largest absolute Gasteiger partial charge is 0.270 e. The predicted molar refractivity (Wildman–Crippen MR) is 63.3 cm³/mol. The molecule has 0 saturated heterocycles. The van der Waals surface area contributed by atoms with Crippen LogP contribution < -0.4 is 0 Å². The monoisotopic (exact) mass is 292 g/mol. The molecule has 15 heavy (non-hydrogen) atoms. The molecule has 0 N–H and O–H groups in total. The Labute approximate surface area is 98.7 Å². The van der Waals surface area contributed by atoms with Gasteiger partial charge in [0.15, 0.2) is 0 Å². The van der Waals surface area contributed by atoms with Gasteiger partial charge in [-0.25, -0.2) is 0 Å². The minimum absolute atomic E-state index is 0.245. The molecule has 1 rings (SSSR count). The van der Waals surface area contributed by atoms with E-state index >= 15 is 0 Å². The topological polar surface area (TPSA) is 43.4 Å². The molecular formula is C10H13BrO3S. The molecule has 1 aromatic carbocycles. The van der Waals surface area contributed by atoms with Crippen LogP contribution in [0, 0.1) is 0 Å². The third kappa shape index (κ3) is 5.92. The van der Waals surface area contributed by atoms with Crippen LogP contribution in [-0.4, -0.2) is 21.3 Å². The molecular weight excluding hydrogens is 280 g/mol. The van der Waals surface area contributed by atoms with Crippen LogP contribution in [0.5, 0.6) is 0 Å². The zero-order chi connectivity index (χ0) is 11.3. The van der Waals surface area contributed by atoms with Gasteiger partial charge in [-0.15, -0.1) is 0 Å². The van der Waals surface area contributed by atoms with Crippen LogP contribution in [0.15, 0.2) is 28.7 Å². The smallest absolute Gasteiger partial charge is 0.264 e. The first kappa shape index (κ1) is 12.7. The Hall–Kier alpha value is -0.390. The van der Waals surface area contributed by atoms with Crippen molar-refractivity contribution in [3.05, 3.63) is 34.3 Å². The van der Waals surface area contributed by atoms with Crippen molar-refractivity contribution >= 4 is 26.0 Å². The Morgan fingerprint density at radius 3 is 2.40 bits per heavy atom. The van der Waals surface area contributed by atoms with Gasteiger partial charge in [-0.05, 0) is 30.5 Å². The SMILES string of the molecule is CS(=O)(=O)OCCCc1ccc(Br)cc1. The Balaban J connectivity index is 2.29. The second-order valence-electron chi connectivity index (χ2n) is 3.26. The second-order valence-corrected chi connectivity index (χ2v) is 5.82. The van der Waals surface area contributed by atoms with E-state index in [0.29, 0.717) is 6.42 Å². The summed E-state index contributed by atoms with van der Waals surface area (Å²) in [5.41, 5.74) is 1.18. The van der Waals surface area contributed by atoms with E-state index in [1.807, 2.05) is 24.3 Å². The minimum Gasteiger partial charge on any atom is -0.270 e. The van der Waals surface area contributed by atoms with Gasteiger partial charge in [0, 0.05) is 4.47 Å². The normalized spacial score (nSPS) is 11.6. The fraction of sp³-hybridized carbons (Fsp3) is 0.400. The lowest BCUT2D eigenvalue weighted by Gasteiger charge is -2.02. The fourth-order valence-corrected chi connectivity index (χ4v) is 1.82. The number of aryl methyl sites for hydroxylation is 1. The maximum absolute atomic E-state index is 10.7. The van der Waals surface area contributed by atoms with Gasteiger partial charge in [-0.1, -0.05) is 28.1 Å². The highest BCUT2D eigenvalue weighted by atomic mass is 79.9. The fourth-order valence-electron chi connectivity index (χ4n) is 1.14. The zero-order valence-electron chi connectivity index (χ0n) is 8.44. The van der Waals surface area contributed by atoms with Gasteiger partial charge in [0.1, 0.15) is 0 Å². The summed E-state index contributed by atoms with van der Waals surface area (Å²) in [5, 5.41) is 0. The lowest BCUT2D eigenvalue weighted by molar-refractivity contribution is 0.316. The van der Waals surface area contributed by atoms with Gasteiger partial charge in [0.2, 0.25) is 0 Å². The highest BCUT2D eigenvalue weighted by Crippen LogP contribution is 2.11. The molecule has 0 saturated carbocycles. The zero-order valence-corrected chi connectivity index (χ0v) is 10.8. The van der Waals surface area contributed by atoms with Crippen molar-refractivity contribution in [1.82, 2.24) is 0 Å². The summed E-state index contributed by atoms with van der Waals surface area (Å²) < 4.78 is 27.0. The Morgan fingerprint density at radius 2 is 1.87 bits per heavy atom. The lowest BCUT2D eigenvalue weighted by atomic mass is 10.1. The van der Waals surface area contributed by atoms with E-state index in [1.165, 1.54) is 5.56 Å². The number of hydrogen-bond acceptors (Lipinski definition) is 3. The average molecular weight is 293 g/mol. The number of hydrogen-bond donors (Lipinski definition) is 0. The molecule has 1 aromatic rings. The van der Waals surface area contributed by atoms with E-state index in [-0.39, 0.29) is 6.61 Å². The van der Waals surface area contributed by atoms with Gasteiger partial charge in [0.25, 0.3) is 10.1 Å². The van der Waals surface area contributed by atoms with Crippen molar-refractivity contribution in [3.8, 4) is 0 Å². The summed E-state index contributed by atoms with van der Waals surface area (Å²) in [6.45, 7) is 0.245. The summed E-state index contributed by atoms with van der Waals surface area (Å²) >= 11 is 3.35. The van der Waals surface area contributed by atoms with Gasteiger partial charge >= 0.3 is 0 Å². The highest BCUT2D eigenvalue weighted by Gasteiger charge is 2.00. The van der Waals surface area contributed by atoms with Crippen LogP contribution in [0.4, 0.5) is 0 Å². The Kier molecular flexibility index (Phi) is 4.76. The summed E-state index contributed by atoms with van der Waals surface area (Å²) in [6.07, 6.45) is 2.59. The predicted octanol–water partition coefficient (Wildman–Crippen LogP) is 2.36. The quantitative estimate of drug-likeness (QED) is 0.618. The van der Waals surface area contributed by atoms with Crippen LogP contribution in [0.1, 0.15) is 12.0 Å². The van der Waals surface area contributed by atoms with Crippen molar-refractivity contribution in [1.29, 1.82) is 0 Å². The van der Waals surface area contributed by atoms with Crippen LogP contribution in [0.3, 0.4) is 0 Å². The molecule has 0 bridgehead atoms. The molecule has 0 radical (unpaired) electrons. The molecule has 0 atom stereocenters. The molecule has 0 heterocycles. The number of benzene rings is 1. The average Bonchev–Trinajstić information content (AvgIpc) is 2.14. The minimum atomic E-state index is -3.29. The van der Waals surface area contributed by atoms with Crippen LogP contribution in [0.25, 0.3) is 0 Å². The van der Waals surface area contributed by atoms with Gasteiger partial charge in [-0.2, -0.15) is 8.42 Å². The van der Waals surface area contributed by atoms with Crippen LogP contribution >= 0.6 is 15.9 Å². The highest BCUT2D eigenvalue weighted by molar-refractivity contribution is 9.10. The first-order valence-corrected chi connectivity index (χ1v) is 7.17. The maximum atomic E-state index is 10.7. The molecule has 0 spiro atoms. The van der Waals surface area contributed by atoms with E-state index in [4.69, 9.17) is 0 Å². The summed E-state index contributed by atoms with van der Waals surface area (Å²) in [4.78, 5) is 0. The first-order valence-electron chi connectivity index (χ1n) is 4.56. The van der Waals surface area contributed by atoms with Gasteiger partial charge in [0.05, 0.1) is 12.9 Å². The van der Waals surface area contributed by atoms with E-state index < -0.39 is 10.1 Å². The molecule has 0 amide bonds. The van der Waals surface area contributed by atoms with E-state index in [1.54, 1.807) is 0 Å². The molecule has 0 aliphatic heterocycles. The maximum Gasteiger partial charge on any atom is 0.264 e. The third-order valence-electron chi connectivity index (χ3n) is 1.82. The van der Waals surface area contributed by atoms with Crippen molar-refractivity contribution in [2.24, 2.45) is 0 Å². The van der Waals surface area contributed by atoms with Gasteiger partial charge in [-0.3, -0.25) is 4.18 Å². The van der Waals surface area contributed by atoms with E-state index in [2.05, 4.69) is 20.1 Å². The Morgan fingerprint density at radius 1 is 1.27 bits per heavy atom. The Bertz CT molecular complexity index is 397. The van der Waals surface area contributed by atoms with Crippen LogP contribution in [-0.2, 0) is 20.7 Å². The standard InChI is InChI=1S/C10H13BrO3S/c1-15(12,13)14-8-2-3-9-4-6-10(11)7-5-9/h4-7H,2-3,8H2,1H3. The molecule has 0 aromatic heterocycles. The van der Waals surface area contributed by atoms with Crippen LogP contribution in [0.2, 0.25) is 0 Å². The summed E-state index contributed by atoms with van der Waals surface area (Å²) in [5.74, 6) is 0. The molecule has 0 unspecified atom stereocenters. The van der Waals surface area contributed by atoms with E-state index in [9.17, 15) is 8.42 Å². The molecule has 0 aliphatic rings. The summed E-state index contributed by atoms with van der Waals surface area (Å²) in [7, 11) is -3.29. The molecule has 84 valence electrons. The number of halogens is 1. The van der Waals surface area contributed by atoms with E-state index in [0.717, 1.165) is 17.1 Å². The van der Waals surface area contributed by atoms with Crippen molar-refractivity contribution in [2.75, 3.05) is 12.9 Å². The lowest BCUT2D eigenvalue weighted by Crippen LogP contribution is -2.04. The molecule has 5 heteroatoms.